The zero-order valence-corrected chi connectivity index (χ0v) is 13.8. The van der Waals surface area contributed by atoms with Crippen LogP contribution >= 0.6 is 0 Å². The standard InChI is InChI=1S/C16H21N5O4/c22-14(19-24)10-6-17-15(18-7-10)20-8-12-5-11(20)9-21(12)16(23)25-13-3-1-2-4-13/h6-7,11-13,24H,1-5,8-9H2,(H,19,22)/t11-,12-/m0/s1. The maximum Gasteiger partial charge on any atom is 0.410 e. The second kappa shape index (κ2) is 6.47. The highest BCUT2D eigenvalue weighted by Gasteiger charge is 2.47. The number of piperazine rings is 1. The molecular weight excluding hydrogens is 326 g/mol. The zero-order chi connectivity index (χ0) is 17.4. The van der Waals surface area contributed by atoms with E-state index in [9.17, 15) is 9.59 Å². The molecule has 2 atom stereocenters. The number of likely N-dealkylation sites (tertiary alicyclic amines) is 1. The van der Waals surface area contributed by atoms with E-state index in [0.29, 0.717) is 19.0 Å². The molecule has 0 radical (unpaired) electrons. The summed E-state index contributed by atoms with van der Waals surface area (Å²) in [5.41, 5.74) is 1.75. The molecule has 2 bridgehead atoms. The molecule has 1 aromatic rings. The third kappa shape index (κ3) is 2.99. The van der Waals surface area contributed by atoms with Crippen molar-refractivity contribution in [2.45, 2.75) is 50.3 Å². The van der Waals surface area contributed by atoms with Gasteiger partial charge in [0, 0.05) is 25.5 Å². The minimum Gasteiger partial charge on any atom is -0.446 e. The molecule has 3 fully saturated rings. The summed E-state index contributed by atoms with van der Waals surface area (Å²) < 4.78 is 5.61. The highest BCUT2D eigenvalue weighted by atomic mass is 16.6. The Morgan fingerprint density at radius 3 is 2.48 bits per heavy atom. The minimum atomic E-state index is -0.643. The van der Waals surface area contributed by atoms with Crippen molar-refractivity contribution in [1.29, 1.82) is 0 Å². The van der Waals surface area contributed by atoms with Crippen LogP contribution in [-0.4, -0.2) is 63.4 Å². The first-order valence-electron chi connectivity index (χ1n) is 8.66. The number of nitrogens with one attached hydrogen (secondary N) is 1. The number of aromatic nitrogens is 2. The molecule has 2 N–H and O–H groups in total. The number of fused-ring (bicyclic) bond motifs is 2. The highest BCUT2D eigenvalue weighted by Crippen LogP contribution is 2.34. The summed E-state index contributed by atoms with van der Waals surface area (Å²) in [4.78, 5) is 36.0. The Labute approximate surface area is 144 Å². The van der Waals surface area contributed by atoms with E-state index in [0.717, 1.165) is 32.1 Å². The third-order valence-corrected chi connectivity index (χ3v) is 5.30. The first-order chi connectivity index (χ1) is 12.2. The topological polar surface area (TPSA) is 108 Å². The second-order valence-corrected chi connectivity index (χ2v) is 6.85. The van der Waals surface area contributed by atoms with E-state index in [4.69, 9.17) is 9.94 Å². The number of rotatable bonds is 3. The van der Waals surface area contributed by atoms with Gasteiger partial charge in [0.05, 0.1) is 17.6 Å². The largest absolute Gasteiger partial charge is 0.446 e. The summed E-state index contributed by atoms with van der Waals surface area (Å²) in [5.74, 6) is -0.110. The van der Waals surface area contributed by atoms with Gasteiger partial charge < -0.3 is 14.5 Å². The van der Waals surface area contributed by atoms with Crippen molar-refractivity contribution in [2.24, 2.45) is 0 Å². The zero-order valence-electron chi connectivity index (χ0n) is 13.8. The summed E-state index contributed by atoms with van der Waals surface area (Å²) in [7, 11) is 0. The van der Waals surface area contributed by atoms with E-state index < -0.39 is 5.91 Å². The van der Waals surface area contributed by atoms with Gasteiger partial charge in [0.2, 0.25) is 5.95 Å². The van der Waals surface area contributed by atoms with Crippen molar-refractivity contribution in [3.05, 3.63) is 18.0 Å². The van der Waals surface area contributed by atoms with Crippen LogP contribution in [0.2, 0.25) is 0 Å². The van der Waals surface area contributed by atoms with Crippen molar-refractivity contribution >= 4 is 17.9 Å². The fraction of sp³-hybridized carbons (Fsp3) is 0.625. The van der Waals surface area contributed by atoms with Gasteiger partial charge in [-0.25, -0.2) is 20.2 Å². The van der Waals surface area contributed by atoms with E-state index in [1.54, 1.807) is 5.48 Å². The fourth-order valence-corrected chi connectivity index (χ4v) is 4.00. The van der Waals surface area contributed by atoms with Gasteiger partial charge in [-0.1, -0.05) is 0 Å². The van der Waals surface area contributed by atoms with Crippen LogP contribution in [0, 0.1) is 0 Å². The Balaban J connectivity index is 1.37. The number of hydrogen-bond acceptors (Lipinski definition) is 7. The molecule has 134 valence electrons. The van der Waals surface area contributed by atoms with Crippen molar-refractivity contribution in [3.8, 4) is 0 Å². The molecule has 3 heterocycles. The van der Waals surface area contributed by atoms with E-state index in [1.165, 1.54) is 12.4 Å². The number of carbonyl (C=O) groups is 2. The lowest BCUT2D eigenvalue weighted by Crippen LogP contribution is -2.50. The number of amides is 2. The maximum absolute atomic E-state index is 12.4. The lowest BCUT2D eigenvalue weighted by atomic mass is 10.2. The average molecular weight is 347 g/mol. The lowest BCUT2D eigenvalue weighted by molar-refractivity contribution is 0.0603. The molecule has 1 aromatic heterocycles. The molecule has 4 rings (SSSR count). The van der Waals surface area contributed by atoms with E-state index >= 15 is 0 Å². The Morgan fingerprint density at radius 2 is 1.88 bits per heavy atom. The quantitative estimate of drug-likeness (QED) is 0.619. The molecule has 9 heteroatoms. The summed E-state index contributed by atoms with van der Waals surface area (Å²) in [6.07, 6.45) is 7.74. The number of ether oxygens (including phenoxy) is 1. The molecule has 0 unspecified atom stereocenters. The van der Waals surface area contributed by atoms with Crippen LogP contribution in [0.5, 0.6) is 0 Å². The first-order valence-corrected chi connectivity index (χ1v) is 8.66. The van der Waals surface area contributed by atoms with Crippen molar-refractivity contribution in [3.63, 3.8) is 0 Å². The van der Waals surface area contributed by atoms with Crippen molar-refractivity contribution < 1.29 is 19.5 Å². The second-order valence-electron chi connectivity index (χ2n) is 6.85. The molecule has 3 aliphatic rings. The van der Waals surface area contributed by atoms with Crippen LogP contribution in [-0.2, 0) is 4.74 Å². The highest BCUT2D eigenvalue weighted by molar-refractivity contribution is 5.92. The maximum atomic E-state index is 12.4. The molecule has 2 aliphatic heterocycles. The molecule has 0 aromatic carbocycles. The predicted octanol–water partition coefficient (Wildman–Crippen LogP) is 0.938. The van der Waals surface area contributed by atoms with Gasteiger partial charge in [-0.15, -0.1) is 0 Å². The third-order valence-electron chi connectivity index (χ3n) is 5.30. The van der Waals surface area contributed by atoms with E-state index in [-0.39, 0.29) is 29.8 Å². The molecular formula is C16H21N5O4. The van der Waals surface area contributed by atoms with Gasteiger partial charge >= 0.3 is 6.09 Å². The summed E-state index contributed by atoms with van der Waals surface area (Å²) in [5, 5.41) is 8.62. The molecule has 2 saturated heterocycles. The van der Waals surface area contributed by atoms with Crippen LogP contribution in [0.15, 0.2) is 12.4 Å². The number of hydroxylamine groups is 1. The van der Waals surface area contributed by atoms with Gasteiger partial charge in [-0.05, 0) is 32.1 Å². The minimum absolute atomic E-state index is 0.0799. The molecule has 2 amide bonds. The number of nitrogens with zero attached hydrogens (tertiary/aromatic N) is 4. The van der Waals surface area contributed by atoms with Crippen LogP contribution in [0.1, 0.15) is 42.5 Å². The van der Waals surface area contributed by atoms with E-state index in [1.807, 2.05) is 4.90 Å². The van der Waals surface area contributed by atoms with Crippen LogP contribution < -0.4 is 10.4 Å². The number of carbonyl (C=O) groups excluding carboxylic acids is 2. The number of anilines is 1. The Morgan fingerprint density at radius 1 is 1.16 bits per heavy atom. The van der Waals surface area contributed by atoms with Gasteiger partial charge in [-0.3, -0.25) is 10.0 Å². The monoisotopic (exact) mass is 347 g/mol. The first kappa shape index (κ1) is 16.1. The van der Waals surface area contributed by atoms with Crippen molar-refractivity contribution in [2.75, 3.05) is 18.0 Å². The SMILES string of the molecule is O=C(NO)c1cnc(N2C[C@@H]3C[C@H]2CN3C(=O)OC2CCCC2)nc1. The smallest absolute Gasteiger partial charge is 0.410 e. The van der Waals surface area contributed by atoms with Gasteiger partial charge in [0.25, 0.3) is 5.91 Å². The molecule has 1 saturated carbocycles. The number of hydrogen-bond donors (Lipinski definition) is 2. The molecule has 9 nitrogen and oxygen atoms in total. The lowest BCUT2D eigenvalue weighted by Gasteiger charge is -2.34. The van der Waals surface area contributed by atoms with Gasteiger partial charge in [0.15, 0.2) is 0 Å². The van der Waals surface area contributed by atoms with Crippen molar-refractivity contribution in [1.82, 2.24) is 20.3 Å². The Bertz CT molecular complexity index is 661. The summed E-state index contributed by atoms with van der Waals surface area (Å²) in [6.45, 7) is 1.27. The average Bonchev–Trinajstić information content (AvgIpc) is 3.37. The van der Waals surface area contributed by atoms with Gasteiger partial charge in [0.1, 0.15) is 6.10 Å². The Hall–Kier alpha value is -2.42. The van der Waals surface area contributed by atoms with Crippen LogP contribution in [0.4, 0.5) is 10.7 Å². The molecule has 25 heavy (non-hydrogen) atoms. The van der Waals surface area contributed by atoms with E-state index in [2.05, 4.69) is 14.9 Å². The summed E-state index contributed by atoms with van der Waals surface area (Å²) in [6, 6.07) is 0.279. The van der Waals surface area contributed by atoms with Crippen LogP contribution in [0.25, 0.3) is 0 Å². The van der Waals surface area contributed by atoms with Crippen LogP contribution in [0.3, 0.4) is 0 Å². The summed E-state index contributed by atoms with van der Waals surface area (Å²) >= 11 is 0. The normalized spacial score (nSPS) is 25.5. The Kier molecular flexibility index (Phi) is 4.16. The van der Waals surface area contributed by atoms with Gasteiger partial charge in [-0.2, -0.15) is 0 Å². The molecule has 1 aliphatic carbocycles. The predicted molar refractivity (Wildman–Crippen MR) is 86.3 cm³/mol. The fourth-order valence-electron chi connectivity index (χ4n) is 4.00. The molecule has 0 spiro atoms.